The first-order valence-corrected chi connectivity index (χ1v) is 19.3. The molecule has 1 saturated carbocycles. The van der Waals surface area contributed by atoms with Gasteiger partial charge < -0.3 is 25.5 Å². The van der Waals surface area contributed by atoms with E-state index in [2.05, 4.69) is 62.3 Å². The molecule has 8 heteroatoms. The Kier molecular flexibility index (Phi) is 61.8. The number of rotatable bonds is 14. The molecule has 0 aromatic rings. The summed E-state index contributed by atoms with van der Waals surface area (Å²) in [5.74, 6) is 3.35. The van der Waals surface area contributed by atoms with Crippen molar-refractivity contribution >= 4 is 17.7 Å². The molecule has 5 N–H and O–H groups in total. The summed E-state index contributed by atoms with van der Waals surface area (Å²) in [5, 5.41) is 42.9. The normalized spacial score (nSPS) is 12.6. The van der Waals surface area contributed by atoms with Gasteiger partial charge in [-0.2, -0.15) is 0 Å². The van der Waals surface area contributed by atoms with Gasteiger partial charge in [-0.1, -0.05) is 175 Å². The van der Waals surface area contributed by atoms with E-state index in [4.69, 9.17) is 20.4 Å². The van der Waals surface area contributed by atoms with Gasteiger partial charge >= 0.3 is 11.9 Å². The summed E-state index contributed by atoms with van der Waals surface area (Å²) in [6.45, 7) is 36.9. The maximum Gasteiger partial charge on any atom is 0.303 e. The van der Waals surface area contributed by atoms with E-state index < -0.39 is 18.0 Å². The molecule has 1 aliphatic rings. The number of ketones is 1. The highest BCUT2D eigenvalue weighted by Crippen LogP contribution is 2.34. The largest absolute Gasteiger partial charge is 0.481 e. The first kappa shape index (κ1) is 77.9. The Morgan fingerprint density at radius 2 is 0.945 bits per heavy atom. The van der Waals surface area contributed by atoms with E-state index in [-0.39, 0.29) is 73.0 Å². The Morgan fingerprint density at radius 3 is 1.04 bits per heavy atom. The van der Waals surface area contributed by atoms with E-state index >= 15 is 0 Å². The second kappa shape index (κ2) is 43.6. The Balaban J connectivity index is -0.0000000545. The van der Waals surface area contributed by atoms with E-state index in [1.54, 1.807) is 0 Å². The van der Waals surface area contributed by atoms with Crippen LogP contribution in [-0.2, 0) is 14.4 Å². The van der Waals surface area contributed by atoms with E-state index in [9.17, 15) is 19.5 Å². The van der Waals surface area contributed by atoms with Gasteiger partial charge in [0.2, 0.25) is 0 Å². The second-order valence-electron chi connectivity index (χ2n) is 18.6. The minimum atomic E-state index is -0.713. The lowest BCUT2D eigenvalue weighted by Crippen LogP contribution is -2.27. The van der Waals surface area contributed by atoms with Gasteiger partial charge in [0.25, 0.3) is 0 Å². The summed E-state index contributed by atoms with van der Waals surface area (Å²) in [4.78, 5) is 31.0. The average Bonchev–Trinajstić information content (AvgIpc) is 3.69. The molecule has 0 aromatic carbocycles. The first-order chi connectivity index (χ1) is 22.4. The number of Topliss-reactive ketones (excluding diaryl/α,β-unsaturated/α-hetero) is 1. The molecule has 55 heavy (non-hydrogen) atoms. The molecule has 0 saturated heterocycles. The molecule has 1 fully saturated rings. The van der Waals surface area contributed by atoms with Crippen LogP contribution >= 0.6 is 0 Å². The molecule has 0 aromatic heterocycles. The van der Waals surface area contributed by atoms with Crippen LogP contribution in [0.25, 0.3) is 0 Å². The SMILES string of the molecule is C.C.C.C.C.CC(C)CC(=O)C(C)(C)C.CC(C)CC(=O)O.CC(C)CC(O)C(C)(C)C.CC(C)CC(O)CO.CC(C)CC1CC1.CC(C)CCC(=O)O. The Labute approximate surface area is 347 Å². The van der Waals surface area contributed by atoms with E-state index in [0.29, 0.717) is 48.7 Å². The fraction of sp³-hybridized carbons (Fsp3) is 0.936. The third-order valence-electron chi connectivity index (χ3n) is 7.10. The third-order valence-corrected chi connectivity index (χ3v) is 7.10. The smallest absolute Gasteiger partial charge is 0.303 e. The van der Waals surface area contributed by atoms with Crippen molar-refractivity contribution in [2.75, 3.05) is 6.61 Å². The summed E-state index contributed by atoms with van der Waals surface area (Å²) < 4.78 is 0. The molecule has 0 heterocycles. The Morgan fingerprint density at radius 1 is 0.564 bits per heavy atom. The number of carboxylic acid groups (broad SMARTS) is 2. The van der Waals surface area contributed by atoms with Crippen LogP contribution in [0.3, 0.4) is 0 Å². The molecular weight excluding hydrogens is 693 g/mol. The standard InChI is InChI=1S/C9H20O.C9H18O.C7H14.C6H14O2.C6H12O2.C5H10O2.5CH4/c2*1-7(2)6-8(10)9(3,4)5;1-6(2)5-7-3-4-7;1-5(2)3-6(8)4-7;1-5(2)3-4-6(7)8;1-4(2)3-5(6)7;;;;;/h7-8,10H,6H2,1-5H3;7H,6H2,1-5H3;6-7H,3-5H2,1-2H3;5-8H,3-4H2,1-2H3;5H,3-4H2,1-2H3,(H,7,8);4H,3H2,1-2H3,(H,6,7);5*1H4. The average molecular weight is 801 g/mol. The van der Waals surface area contributed by atoms with Crippen LogP contribution in [0.15, 0.2) is 0 Å². The number of carbonyl (C=O) groups excluding carboxylic acids is 1. The number of hydrogen-bond donors (Lipinski definition) is 5. The maximum atomic E-state index is 11.3. The number of hydrogen-bond acceptors (Lipinski definition) is 6. The van der Waals surface area contributed by atoms with Crippen molar-refractivity contribution < 1.29 is 39.9 Å². The summed E-state index contributed by atoms with van der Waals surface area (Å²) in [6.07, 6.45) is 7.50. The van der Waals surface area contributed by atoms with Crippen LogP contribution in [0.5, 0.6) is 0 Å². The zero-order chi connectivity index (χ0) is 41.0. The van der Waals surface area contributed by atoms with Crippen LogP contribution in [0.1, 0.15) is 220 Å². The van der Waals surface area contributed by atoms with Crippen molar-refractivity contribution in [2.45, 2.75) is 232 Å². The maximum absolute atomic E-state index is 11.3. The predicted molar refractivity (Wildman–Crippen MR) is 246 cm³/mol. The van der Waals surface area contributed by atoms with Crippen LogP contribution in [0.4, 0.5) is 0 Å². The van der Waals surface area contributed by atoms with Gasteiger partial charge in [-0.15, -0.1) is 0 Å². The monoisotopic (exact) mass is 801 g/mol. The second-order valence-corrected chi connectivity index (χ2v) is 18.6. The predicted octanol–water partition coefficient (Wildman–Crippen LogP) is 13.7. The third kappa shape index (κ3) is 81.6. The highest BCUT2D eigenvalue weighted by atomic mass is 16.4. The fourth-order valence-electron chi connectivity index (χ4n) is 3.88. The van der Waals surface area contributed by atoms with Gasteiger partial charge in [-0.05, 0) is 72.5 Å². The van der Waals surface area contributed by atoms with Crippen LogP contribution in [0, 0.1) is 52.3 Å². The lowest BCUT2D eigenvalue weighted by atomic mass is 9.84. The van der Waals surface area contributed by atoms with Crippen LogP contribution in [0.2, 0.25) is 0 Å². The zero-order valence-corrected chi connectivity index (χ0v) is 36.2. The van der Waals surface area contributed by atoms with Gasteiger partial charge in [0.1, 0.15) is 5.78 Å². The minimum absolute atomic E-state index is 0. The van der Waals surface area contributed by atoms with E-state index in [0.717, 1.165) is 24.7 Å². The Bertz CT molecular complexity index is 799. The zero-order valence-electron chi connectivity index (χ0n) is 36.2. The summed E-state index contributed by atoms with van der Waals surface area (Å²) in [6, 6.07) is 0. The van der Waals surface area contributed by atoms with Gasteiger partial charge in [-0.25, -0.2) is 0 Å². The lowest BCUT2D eigenvalue weighted by Gasteiger charge is -2.27. The van der Waals surface area contributed by atoms with Crippen molar-refractivity contribution in [1.82, 2.24) is 0 Å². The molecule has 8 nitrogen and oxygen atoms in total. The van der Waals surface area contributed by atoms with Gasteiger partial charge in [0, 0.05) is 24.7 Å². The quantitative estimate of drug-likeness (QED) is 0.116. The van der Waals surface area contributed by atoms with Crippen molar-refractivity contribution in [2.24, 2.45) is 52.3 Å². The number of aliphatic hydroxyl groups is 3. The van der Waals surface area contributed by atoms with Crippen molar-refractivity contribution in [3.8, 4) is 0 Å². The molecule has 0 aliphatic heterocycles. The first-order valence-electron chi connectivity index (χ1n) is 19.3. The van der Waals surface area contributed by atoms with Crippen molar-refractivity contribution in [3.05, 3.63) is 0 Å². The molecule has 0 spiro atoms. The minimum Gasteiger partial charge on any atom is -0.481 e. The van der Waals surface area contributed by atoms with Crippen molar-refractivity contribution in [1.29, 1.82) is 0 Å². The van der Waals surface area contributed by atoms with Gasteiger partial charge in [0.15, 0.2) is 0 Å². The highest BCUT2D eigenvalue weighted by Gasteiger charge is 2.23. The number of carboxylic acids is 2. The number of carbonyl (C=O) groups is 3. The fourth-order valence-corrected chi connectivity index (χ4v) is 3.88. The number of aliphatic carboxylic acids is 2. The van der Waals surface area contributed by atoms with E-state index in [1.165, 1.54) is 19.3 Å². The summed E-state index contributed by atoms with van der Waals surface area (Å²) in [5.41, 5.74) is -0.103. The summed E-state index contributed by atoms with van der Waals surface area (Å²) >= 11 is 0. The lowest BCUT2D eigenvalue weighted by molar-refractivity contribution is -0.138. The molecule has 0 radical (unpaired) electrons. The van der Waals surface area contributed by atoms with E-state index in [1.807, 2.05) is 62.3 Å². The highest BCUT2D eigenvalue weighted by molar-refractivity contribution is 5.83. The van der Waals surface area contributed by atoms with Crippen LogP contribution in [-0.4, -0.2) is 62.1 Å². The molecular formula is C47H108O8. The molecule has 1 aliphatic carbocycles. The molecule has 1 rings (SSSR count). The summed E-state index contributed by atoms with van der Waals surface area (Å²) in [7, 11) is 0. The molecule has 0 bridgehead atoms. The molecule has 0 amide bonds. The van der Waals surface area contributed by atoms with Gasteiger partial charge in [0.05, 0.1) is 18.8 Å². The number of aliphatic hydroxyl groups excluding tert-OH is 3. The van der Waals surface area contributed by atoms with Crippen molar-refractivity contribution in [3.63, 3.8) is 0 Å². The topological polar surface area (TPSA) is 152 Å². The Hall–Kier alpha value is -1.51. The molecule has 344 valence electrons. The van der Waals surface area contributed by atoms with Gasteiger partial charge in [-0.3, -0.25) is 14.4 Å². The van der Waals surface area contributed by atoms with Crippen LogP contribution < -0.4 is 0 Å². The molecule has 2 unspecified atom stereocenters. The molecule has 2 atom stereocenters.